The molecule has 0 aromatic heterocycles. The fourth-order valence-corrected chi connectivity index (χ4v) is 4.32. The lowest BCUT2D eigenvalue weighted by Gasteiger charge is -2.33. The first-order valence-corrected chi connectivity index (χ1v) is 10.8. The molecular formula is C21H21F3N2O3S. The van der Waals surface area contributed by atoms with Crippen molar-refractivity contribution >= 4 is 22.0 Å². The highest BCUT2D eigenvalue weighted by Crippen LogP contribution is 2.29. The summed E-state index contributed by atoms with van der Waals surface area (Å²) >= 11 is 0. The highest BCUT2D eigenvalue weighted by Gasteiger charge is 2.31. The van der Waals surface area contributed by atoms with E-state index in [4.69, 9.17) is 0 Å². The van der Waals surface area contributed by atoms with Crippen molar-refractivity contribution in [1.29, 1.82) is 0 Å². The van der Waals surface area contributed by atoms with Gasteiger partial charge in [0.05, 0.1) is 12.0 Å². The molecule has 9 heteroatoms. The molecule has 1 fully saturated rings. The minimum Gasteiger partial charge on any atom is -0.340 e. The monoisotopic (exact) mass is 438 g/mol. The van der Waals surface area contributed by atoms with Crippen LogP contribution >= 0.6 is 0 Å². The summed E-state index contributed by atoms with van der Waals surface area (Å²) < 4.78 is 64.7. The highest BCUT2D eigenvalue weighted by atomic mass is 32.2. The average Bonchev–Trinajstić information content (AvgIpc) is 2.73. The molecular weight excluding hydrogens is 417 g/mol. The number of benzene rings is 2. The van der Waals surface area contributed by atoms with Crippen molar-refractivity contribution in [3.63, 3.8) is 0 Å². The average molecular weight is 438 g/mol. The number of rotatable bonds is 5. The van der Waals surface area contributed by atoms with Crippen LogP contribution in [0.15, 0.2) is 60.0 Å². The molecule has 0 N–H and O–H groups in total. The second-order valence-electron chi connectivity index (χ2n) is 6.91. The zero-order valence-corrected chi connectivity index (χ0v) is 16.9. The smallest absolute Gasteiger partial charge is 0.340 e. The van der Waals surface area contributed by atoms with Crippen molar-refractivity contribution in [2.45, 2.75) is 12.6 Å². The van der Waals surface area contributed by atoms with E-state index in [1.54, 1.807) is 24.3 Å². The lowest BCUT2D eigenvalue weighted by Crippen LogP contribution is -2.50. The van der Waals surface area contributed by atoms with Gasteiger partial charge in [-0.15, -0.1) is 0 Å². The Morgan fingerprint density at radius 3 is 2.27 bits per heavy atom. The molecule has 0 saturated carbocycles. The molecule has 160 valence electrons. The number of sulfonamides is 1. The molecule has 1 heterocycles. The summed E-state index contributed by atoms with van der Waals surface area (Å²) in [6, 6.07) is 13.7. The quantitative estimate of drug-likeness (QED) is 0.719. The van der Waals surface area contributed by atoms with E-state index in [1.807, 2.05) is 6.07 Å². The molecule has 0 radical (unpaired) electrons. The Labute approximate surface area is 173 Å². The fraction of sp³-hybridized carbons (Fsp3) is 0.286. The topological polar surface area (TPSA) is 57.7 Å². The summed E-state index contributed by atoms with van der Waals surface area (Å²) in [5.41, 5.74) is 0.237. The number of hydrogen-bond acceptors (Lipinski definition) is 3. The van der Waals surface area contributed by atoms with Gasteiger partial charge < -0.3 is 4.90 Å². The third-order valence-electron chi connectivity index (χ3n) is 4.79. The second-order valence-corrected chi connectivity index (χ2v) is 8.73. The maximum atomic E-state index is 12.8. The zero-order valence-electron chi connectivity index (χ0n) is 16.0. The summed E-state index contributed by atoms with van der Waals surface area (Å²) in [4.78, 5) is 13.9. The molecule has 1 saturated heterocycles. The summed E-state index contributed by atoms with van der Waals surface area (Å²) in [5.74, 6) is -0.328. The Morgan fingerprint density at radius 2 is 1.63 bits per heavy atom. The maximum Gasteiger partial charge on any atom is 0.416 e. The van der Waals surface area contributed by atoms with Gasteiger partial charge in [0.2, 0.25) is 15.9 Å². The number of halogens is 3. The largest absolute Gasteiger partial charge is 0.416 e. The molecule has 2 aromatic rings. The molecule has 1 aliphatic heterocycles. The molecule has 0 spiro atoms. The van der Waals surface area contributed by atoms with Gasteiger partial charge in [0.15, 0.2) is 0 Å². The summed E-state index contributed by atoms with van der Waals surface area (Å²) in [7, 11) is -3.62. The van der Waals surface area contributed by atoms with E-state index >= 15 is 0 Å². The standard InChI is InChI=1S/C21H21F3N2O3S/c22-21(23,24)19-8-4-7-18(15-19)16-20(27)25-10-12-26(13-11-25)30(28,29)14-9-17-5-2-1-3-6-17/h1-9,14-15H,10-13,16H2/b14-9+. The van der Waals surface area contributed by atoms with Gasteiger partial charge in [-0.2, -0.15) is 17.5 Å². The fourth-order valence-electron chi connectivity index (χ4n) is 3.15. The summed E-state index contributed by atoms with van der Waals surface area (Å²) in [6.45, 7) is 0.651. The highest BCUT2D eigenvalue weighted by molar-refractivity contribution is 7.92. The van der Waals surface area contributed by atoms with Crippen molar-refractivity contribution in [3.05, 3.63) is 76.7 Å². The maximum absolute atomic E-state index is 12.8. The van der Waals surface area contributed by atoms with Crippen molar-refractivity contribution in [1.82, 2.24) is 9.21 Å². The van der Waals surface area contributed by atoms with E-state index in [1.165, 1.54) is 27.4 Å². The van der Waals surface area contributed by atoms with Crippen molar-refractivity contribution in [3.8, 4) is 0 Å². The number of carbonyl (C=O) groups excluding carboxylic acids is 1. The van der Waals surface area contributed by atoms with Crippen molar-refractivity contribution in [2.24, 2.45) is 0 Å². The van der Waals surface area contributed by atoms with Crippen molar-refractivity contribution < 1.29 is 26.4 Å². The third kappa shape index (κ3) is 5.70. The summed E-state index contributed by atoms with van der Waals surface area (Å²) in [6.07, 6.45) is -3.11. The van der Waals surface area contributed by atoms with Crippen LogP contribution in [-0.2, 0) is 27.4 Å². The van der Waals surface area contributed by atoms with E-state index in [9.17, 15) is 26.4 Å². The molecule has 0 unspecified atom stereocenters. The summed E-state index contributed by atoms with van der Waals surface area (Å²) in [5, 5.41) is 1.14. The van der Waals surface area contributed by atoms with E-state index in [-0.39, 0.29) is 44.1 Å². The van der Waals surface area contributed by atoms with Crippen molar-refractivity contribution in [2.75, 3.05) is 26.2 Å². The Balaban J connectivity index is 1.57. The van der Waals surface area contributed by atoms with Gasteiger partial charge in [-0.1, -0.05) is 48.5 Å². The number of nitrogens with zero attached hydrogens (tertiary/aromatic N) is 2. The van der Waals surface area contributed by atoms with Gasteiger partial charge in [-0.25, -0.2) is 8.42 Å². The van der Waals surface area contributed by atoms with E-state index in [0.717, 1.165) is 23.1 Å². The van der Waals surface area contributed by atoms with Crippen LogP contribution in [0.4, 0.5) is 13.2 Å². The van der Waals surface area contributed by atoms with Crippen LogP contribution in [0.1, 0.15) is 16.7 Å². The van der Waals surface area contributed by atoms with Crippen LogP contribution in [0.25, 0.3) is 6.08 Å². The molecule has 0 atom stereocenters. The van der Waals surface area contributed by atoms with Gasteiger partial charge in [0.25, 0.3) is 0 Å². The number of amides is 1. The van der Waals surface area contributed by atoms with E-state index in [2.05, 4.69) is 0 Å². The van der Waals surface area contributed by atoms with Gasteiger partial charge in [-0.3, -0.25) is 4.79 Å². The Kier molecular flexibility index (Phi) is 6.62. The first-order valence-electron chi connectivity index (χ1n) is 9.32. The van der Waals surface area contributed by atoms with Crippen LogP contribution in [0.2, 0.25) is 0 Å². The van der Waals surface area contributed by atoms with Gasteiger partial charge in [0.1, 0.15) is 0 Å². The van der Waals surface area contributed by atoms with Crippen LogP contribution < -0.4 is 0 Å². The lowest BCUT2D eigenvalue weighted by molar-refractivity contribution is -0.138. The molecule has 2 aromatic carbocycles. The van der Waals surface area contributed by atoms with Gasteiger partial charge >= 0.3 is 6.18 Å². The first-order chi connectivity index (χ1) is 14.1. The normalized spacial score (nSPS) is 16.2. The number of carbonyl (C=O) groups is 1. The molecule has 0 aliphatic carbocycles. The van der Waals surface area contributed by atoms with E-state index < -0.39 is 21.8 Å². The minimum atomic E-state index is -4.47. The minimum absolute atomic E-state index is 0.135. The molecule has 0 bridgehead atoms. The number of hydrogen-bond donors (Lipinski definition) is 0. The number of piperazine rings is 1. The predicted octanol–water partition coefficient (Wildman–Crippen LogP) is 3.39. The molecule has 5 nitrogen and oxygen atoms in total. The second kappa shape index (κ2) is 9.01. The van der Waals surface area contributed by atoms with Crippen LogP contribution in [0, 0.1) is 0 Å². The van der Waals surface area contributed by atoms with Crippen LogP contribution in [0.5, 0.6) is 0 Å². The molecule has 3 rings (SSSR count). The zero-order chi connectivity index (χ0) is 21.8. The molecule has 1 amide bonds. The number of alkyl halides is 3. The Bertz CT molecular complexity index is 1010. The SMILES string of the molecule is O=C(Cc1cccc(C(F)(F)F)c1)N1CCN(S(=O)(=O)/C=C/c2ccccc2)CC1. The van der Waals surface area contributed by atoms with Crippen LogP contribution in [0.3, 0.4) is 0 Å². The van der Waals surface area contributed by atoms with Gasteiger partial charge in [0, 0.05) is 31.6 Å². The first kappa shape index (κ1) is 22.0. The van der Waals surface area contributed by atoms with Gasteiger partial charge in [-0.05, 0) is 23.3 Å². The predicted molar refractivity (Wildman–Crippen MR) is 108 cm³/mol. The molecule has 1 aliphatic rings. The lowest BCUT2D eigenvalue weighted by atomic mass is 10.1. The van der Waals surface area contributed by atoms with Crippen LogP contribution in [-0.4, -0.2) is 49.7 Å². The third-order valence-corrected chi connectivity index (χ3v) is 6.36. The Hall–Kier alpha value is -2.65. The Morgan fingerprint density at radius 1 is 0.967 bits per heavy atom. The molecule has 30 heavy (non-hydrogen) atoms. The van der Waals surface area contributed by atoms with E-state index in [0.29, 0.717) is 0 Å².